The molecule has 3 heterocycles. The third kappa shape index (κ3) is 4.47. The molecule has 2 aromatic carbocycles. The average molecular weight is 477 g/mol. The fourth-order valence-corrected chi connectivity index (χ4v) is 5.15. The van der Waals surface area contributed by atoms with Gasteiger partial charge in [0.2, 0.25) is 0 Å². The van der Waals surface area contributed by atoms with Gasteiger partial charge in [-0.15, -0.1) is 0 Å². The fraction of sp³-hybridized carbons (Fsp3) is 0.370. The zero-order chi connectivity index (χ0) is 23.8. The predicted octanol–water partition coefficient (Wildman–Crippen LogP) is 6.16. The van der Waals surface area contributed by atoms with Crippen LogP contribution in [0.4, 0.5) is 0 Å². The van der Waals surface area contributed by atoms with Crippen LogP contribution in [0.25, 0.3) is 16.8 Å². The first-order valence-electron chi connectivity index (χ1n) is 11.9. The van der Waals surface area contributed by atoms with E-state index in [9.17, 15) is 4.79 Å². The third-order valence-electron chi connectivity index (χ3n) is 6.78. The molecule has 6 nitrogen and oxygen atoms in total. The Morgan fingerprint density at radius 3 is 2.82 bits per heavy atom. The molecule has 0 unspecified atom stereocenters. The number of carbonyl (C=O) groups is 1. The Morgan fingerprint density at radius 1 is 1.18 bits per heavy atom. The van der Waals surface area contributed by atoms with Crippen LogP contribution in [0, 0.1) is 19.8 Å². The number of likely N-dealkylation sites (tertiary alicyclic amines) is 1. The Labute approximate surface area is 204 Å². The van der Waals surface area contributed by atoms with E-state index in [4.69, 9.17) is 16.0 Å². The Morgan fingerprint density at radius 2 is 2.03 bits per heavy atom. The van der Waals surface area contributed by atoms with Crippen LogP contribution < -0.4 is 0 Å². The second-order valence-electron chi connectivity index (χ2n) is 9.37. The molecule has 0 spiro atoms. The van der Waals surface area contributed by atoms with E-state index >= 15 is 0 Å². The molecule has 1 aliphatic heterocycles. The van der Waals surface area contributed by atoms with Gasteiger partial charge in [0.1, 0.15) is 5.52 Å². The predicted molar refractivity (Wildman–Crippen MR) is 134 cm³/mol. The molecule has 7 heteroatoms. The number of halogens is 1. The van der Waals surface area contributed by atoms with Crippen molar-refractivity contribution in [3.63, 3.8) is 0 Å². The summed E-state index contributed by atoms with van der Waals surface area (Å²) in [6.07, 6.45) is 5.50. The van der Waals surface area contributed by atoms with Gasteiger partial charge in [0, 0.05) is 36.3 Å². The topological polar surface area (TPSA) is 64.2 Å². The monoisotopic (exact) mass is 476 g/mol. The lowest BCUT2D eigenvalue weighted by atomic mass is 9.87. The summed E-state index contributed by atoms with van der Waals surface area (Å²) in [5.74, 6) is 1.15. The minimum atomic E-state index is 0.0627. The number of rotatable bonds is 5. The van der Waals surface area contributed by atoms with E-state index in [-0.39, 0.29) is 11.9 Å². The second kappa shape index (κ2) is 9.26. The molecule has 0 saturated carbocycles. The highest BCUT2D eigenvalue weighted by atomic mass is 35.5. The zero-order valence-electron chi connectivity index (χ0n) is 19.8. The van der Waals surface area contributed by atoms with Gasteiger partial charge in [-0.2, -0.15) is 5.10 Å². The number of carbonyl (C=O) groups excluding carboxylic acids is 1. The van der Waals surface area contributed by atoms with Gasteiger partial charge in [-0.3, -0.25) is 4.79 Å². The number of fused-ring (bicyclic) bond motifs is 1. The molecule has 5 rings (SSSR count). The van der Waals surface area contributed by atoms with Crippen LogP contribution in [-0.2, 0) is 6.42 Å². The van der Waals surface area contributed by atoms with Gasteiger partial charge in [0.15, 0.2) is 11.5 Å². The third-order valence-corrected chi connectivity index (χ3v) is 7.01. The molecule has 176 valence electrons. The zero-order valence-corrected chi connectivity index (χ0v) is 20.5. The summed E-state index contributed by atoms with van der Waals surface area (Å²) in [5, 5.41) is 5.19. The van der Waals surface area contributed by atoms with Crippen LogP contribution in [0.2, 0.25) is 5.02 Å². The Hall–Kier alpha value is -3.12. The fourth-order valence-electron chi connectivity index (χ4n) is 4.99. The number of benzene rings is 2. The highest BCUT2D eigenvalue weighted by Crippen LogP contribution is 2.30. The lowest BCUT2D eigenvalue weighted by molar-refractivity contribution is 0.0496. The number of aryl methyl sites for hydroxylation is 3. The molecule has 0 bridgehead atoms. The van der Waals surface area contributed by atoms with Gasteiger partial charge in [-0.05, 0) is 69.4 Å². The molecule has 34 heavy (non-hydrogen) atoms. The molecule has 0 radical (unpaired) electrons. The van der Waals surface area contributed by atoms with Gasteiger partial charge >= 0.3 is 0 Å². The number of amides is 1. The van der Waals surface area contributed by atoms with Crippen LogP contribution >= 0.6 is 11.6 Å². The Bertz CT molecular complexity index is 1340. The van der Waals surface area contributed by atoms with E-state index < -0.39 is 0 Å². The van der Waals surface area contributed by atoms with Gasteiger partial charge in [-0.25, -0.2) is 9.67 Å². The van der Waals surface area contributed by atoms with Crippen molar-refractivity contribution >= 4 is 28.6 Å². The van der Waals surface area contributed by atoms with E-state index in [2.05, 4.69) is 21.9 Å². The Kier molecular flexibility index (Phi) is 6.17. The molecule has 4 aromatic rings. The van der Waals surface area contributed by atoms with E-state index in [1.807, 2.05) is 56.4 Å². The van der Waals surface area contributed by atoms with Gasteiger partial charge in [0.25, 0.3) is 5.91 Å². The minimum Gasteiger partial charge on any atom is -0.441 e. The molecule has 1 fully saturated rings. The standard InChI is InChI=1S/C27H29ClN4O2/c1-17-6-9-24(32-14-12-19(3)30-32)21(15-17)27(33)31-13-4-5-18(2)23(31)10-11-26-29-22-8-7-20(28)16-25(22)34-26/h6-9,12,14-16,18,23H,4-5,10-11,13H2,1-3H3/t18-,23-/m1/s1. The molecule has 0 aliphatic carbocycles. The lowest BCUT2D eigenvalue weighted by Crippen LogP contribution is -2.48. The second-order valence-corrected chi connectivity index (χ2v) is 9.80. The lowest BCUT2D eigenvalue weighted by Gasteiger charge is -2.40. The number of hydrogen-bond acceptors (Lipinski definition) is 4. The largest absolute Gasteiger partial charge is 0.441 e. The maximum atomic E-state index is 13.9. The van der Waals surface area contributed by atoms with E-state index in [0.29, 0.717) is 34.4 Å². The first-order chi connectivity index (χ1) is 16.4. The maximum Gasteiger partial charge on any atom is 0.256 e. The summed E-state index contributed by atoms with van der Waals surface area (Å²) >= 11 is 6.09. The number of aromatic nitrogens is 3. The number of nitrogens with zero attached hydrogens (tertiary/aromatic N) is 4. The molecule has 1 amide bonds. The SMILES string of the molecule is Cc1ccc(-n2ccc(C)n2)c(C(=O)N2CCC[C@@H](C)[C@H]2CCc2nc3ccc(Cl)cc3o2)c1. The smallest absolute Gasteiger partial charge is 0.256 e. The summed E-state index contributed by atoms with van der Waals surface area (Å²) in [4.78, 5) is 20.6. The highest BCUT2D eigenvalue weighted by molar-refractivity contribution is 6.31. The van der Waals surface area contributed by atoms with E-state index in [0.717, 1.165) is 48.3 Å². The van der Waals surface area contributed by atoms with Crippen molar-refractivity contribution in [2.75, 3.05) is 6.54 Å². The van der Waals surface area contributed by atoms with Gasteiger partial charge < -0.3 is 9.32 Å². The van der Waals surface area contributed by atoms with E-state index in [1.165, 1.54) is 0 Å². The summed E-state index contributed by atoms with van der Waals surface area (Å²) in [6, 6.07) is 13.6. The first-order valence-corrected chi connectivity index (χ1v) is 12.3. The molecular weight excluding hydrogens is 448 g/mol. The average Bonchev–Trinajstić information content (AvgIpc) is 3.43. The number of oxazole rings is 1. The van der Waals surface area contributed by atoms with Crippen LogP contribution in [0.5, 0.6) is 0 Å². The van der Waals surface area contributed by atoms with Crippen LogP contribution in [0.15, 0.2) is 53.1 Å². The molecule has 0 N–H and O–H groups in total. The summed E-state index contributed by atoms with van der Waals surface area (Å²) in [7, 11) is 0. The van der Waals surface area contributed by atoms with Crippen LogP contribution in [-0.4, -0.2) is 38.2 Å². The summed E-state index contributed by atoms with van der Waals surface area (Å²) in [5.41, 5.74) is 5.00. The van der Waals surface area contributed by atoms with Crippen LogP contribution in [0.3, 0.4) is 0 Å². The molecule has 1 aliphatic rings. The summed E-state index contributed by atoms with van der Waals surface area (Å²) < 4.78 is 7.74. The molecule has 2 aromatic heterocycles. The quantitative estimate of drug-likeness (QED) is 0.346. The van der Waals surface area contributed by atoms with Crippen molar-refractivity contribution in [1.82, 2.24) is 19.7 Å². The molecule has 2 atom stereocenters. The van der Waals surface area contributed by atoms with Crippen molar-refractivity contribution in [2.24, 2.45) is 5.92 Å². The van der Waals surface area contributed by atoms with Crippen molar-refractivity contribution in [3.05, 3.63) is 76.4 Å². The minimum absolute atomic E-state index is 0.0627. The summed E-state index contributed by atoms with van der Waals surface area (Å²) in [6.45, 7) is 6.96. The molecular formula is C27H29ClN4O2. The van der Waals surface area contributed by atoms with Crippen molar-refractivity contribution < 1.29 is 9.21 Å². The van der Waals surface area contributed by atoms with Gasteiger partial charge in [0.05, 0.1) is 16.9 Å². The first kappa shape index (κ1) is 22.7. The highest BCUT2D eigenvalue weighted by Gasteiger charge is 2.33. The van der Waals surface area contributed by atoms with E-state index in [1.54, 1.807) is 10.7 Å². The number of hydrogen-bond donors (Lipinski definition) is 0. The van der Waals surface area contributed by atoms with Crippen molar-refractivity contribution in [3.8, 4) is 5.69 Å². The number of piperidine rings is 1. The van der Waals surface area contributed by atoms with Gasteiger partial charge in [-0.1, -0.05) is 30.2 Å². The van der Waals surface area contributed by atoms with Crippen molar-refractivity contribution in [1.29, 1.82) is 0 Å². The Balaban J connectivity index is 1.41. The maximum absolute atomic E-state index is 13.9. The molecule has 1 saturated heterocycles. The van der Waals surface area contributed by atoms with Crippen molar-refractivity contribution in [2.45, 2.75) is 52.5 Å². The van der Waals surface area contributed by atoms with Crippen LogP contribution in [0.1, 0.15) is 53.7 Å². The normalized spacial score (nSPS) is 18.5.